The zero-order chi connectivity index (χ0) is 18.6. The standard InChI is InChI=1S/C20H15FN4OS/c21-15-8-6-14(7-9-15)12-17-13-22-20(27-17)23-19(26)18-10-11-25(24-18)16-4-2-1-3-5-16/h1-11,13H,12H2,(H,22,23,26). The molecule has 0 unspecified atom stereocenters. The van der Waals surface area contributed by atoms with Crippen LogP contribution < -0.4 is 5.32 Å². The Labute approximate surface area is 159 Å². The summed E-state index contributed by atoms with van der Waals surface area (Å²) >= 11 is 1.39. The topological polar surface area (TPSA) is 59.8 Å². The van der Waals surface area contributed by atoms with Gasteiger partial charge in [0.25, 0.3) is 5.91 Å². The fourth-order valence-electron chi connectivity index (χ4n) is 2.58. The Kier molecular flexibility index (Phi) is 4.76. The number of benzene rings is 2. The maximum Gasteiger partial charge on any atom is 0.277 e. The van der Waals surface area contributed by atoms with Crippen molar-refractivity contribution in [1.82, 2.24) is 14.8 Å². The van der Waals surface area contributed by atoms with Crippen molar-refractivity contribution < 1.29 is 9.18 Å². The summed E-state index contributed by atoms with van der Waals surface area (Å²) in [7, 11) is 0. The van der Waals surface area contributed by atoms with Crippen LogP contribution in [0.15, 0.2) is 73.1 Å². The van der Waals surface area contributed by atoms with E-state index in [2.05, 4.69) is 15.4 Å². The van der Waals surface area contributed by atoms with E-state index in [1.165, 1.54) is 23.5 Å². The summed E-state index contributed by atoms with van der Waals surface area (Å²) in [4.78, 5) is 17.6. The number of hydrogen-bond donors (Lipinski definition) is 1. The quantitative estimate of drug-likeness (QED) is 0.563. The van der Waals surface area contributed by atoms with E-state index in [1.54, 1.807) is 35.3 Å². The van der Waals surface area contributed by atoms with Crippen LogP contribution in [-0.4, -0.2) is 20.7 Å². The maximum absolute atomic E-state index is 13.0. The first-order chi connectivity index (χ1) is 13.2. The molecule has 0 fully saturated rings. The van der Waals surface area contributed by atoms with Crippen molar-refractivity contribution in [3.8, 4) is 5.69 Å². The first-order valence-corrected chi connectivity index (χ1v) is 9.10. The molecule has 0 aliphatic carbocycles. The Balaban J connectivity index is 1.42. The lowest BCUT2D eigenvalue weighted by molar-refractivity contribution is 0.102. The molecule has 27 heavy (non-hydrogen) atoms. The Morgan fingerprint density at radius 3 is 2.63 bits per heavy atom. The highest BCUT2D eigenvalue weighted by atomic mass is 32.1. The fourth-order valence-corrected chi connectivity index (χ4v) is 3.42. The van der Waals surface area contributed by atoms with E-state index in [0.29, 0.717) is 17.2 Å². The number of aromatic nitrogens is 3. The zero-order valence-corrected chi connectivity index (χ0v) is 15.0. The van der Waals surface area contributed by atoms with Gasteiger partial charge in [-0.05, 0) is 35.9 Å². The van der Waals surface area contributed by atoms with Gasteiger partial charge in [0, 0.05) is 23.7 Å². The molecule has 0 radical (unpaired) electrons. The number of carbonyl (C=O) groups excluding carboxylic acids is 1. The summed E-state index contributed by atoms with van der Waals surface area (Å²) in [5.41, 5.74) is 2.18. The number of thiazole rings is 1. The molecule has 4 rings (SSSR count). The number of amides is 1. The van der Waals surface area contributed by atoms with Crippen LogP contribution in [0.5, 0.6) is 0 Å². The second kappa shape index (κ2) is 7.51. The third-order valence-corrected chi connectivity index (χ3v) is 4.82. The monoisotopic (exact) mass is 378 g/mol. The molecule has 0 aliphatic heterocycles. The summed E-state index contributed by atoms with van der Waals surface area (Å²) in [5.74, 6) is -0.571. The lowest BCUT2D eigenvalue weighted by Gasteiger charge is -2.00. The number of rotatable bonds is 5. The van der Waals surface area contributed by atoms with Crippen LogP contribution >= 0.6 is 11.3 Å². The molecule has 2 aromatic heterocycles. The van der Waals surface area contributed by atoms with Crippen molar-refractivity contribution in [2.45, 2.75) is 6.42 Å². The van der Waals surface area contributed by atoms with Gasteiger partial charge < -0.3 is 0 Å². The minimum Gasteiger partial charge on any atom is -0.296 e. The van der Waals surface area contributed by atoms with Crippen LogP contribution in [-0.2, 0) is 6.42 Å². The lowest BCUT2D eigenvalue weighted by Crippen LogP contribution is -2.12. The summed E-state index contributed by atoms with van der Waals surface area (Å²) in [6.07, 6.45) is 4.09. The first kappa shape index (κ1) is 17.1. The summed E-state index contributed by atoms with van der Waals surface area (Å²) in [6.45, 7) is 0. The van der Waals surface area contributed by atoms with E-state index < -0.39 is 0 Å². The molecule has 5 nitrogen and oxygen atoms in total. The highest BCUT2D eigenvalue weighted by Gasteiger charge is 2.13. The van der Waals surface area contributed by atoms with Gasteiger partial charge in [-0.15, -0.1) is 11.3 Å². The van der Waals surface area contributed by atoms with Gasteiger partial charge in [0.05, 0.1) is 5.69 Å². The predicted octanol–water partition coefficient (Wildman–Crippen LogP) is 4.31. The van der Waals surface area contributed by atoms with E-state index in [9.17, 15) is 9.18 Å². The molecule has 0 saturated carbocycles. The number of nitrogens with zero attached hydrogens (tertiary/aromatic N) is 3. The summed E-state index contributed by atoms with van der Waals surface area (Å²) in [6, 6.07) is 17.6. The Bertz CT molecular complexity index is 1060. The Hall–Kier alpha value is -3.32. The molecule has 134 valence electrons. The number of anilines is 1. The van der Waals surface area contributed by atoms with E-state index >= 15 is 0 Å². The molecule has 0 spiro atoms. The average Bonchev–Trinajstić information content (AvgIpc) is 3.34. The zero-order valence-electron chi connectivity index (χ0n) is 14.2. The van der Waals surface area contributed by atoms with Crippen LogP contribution in [0.25, 0.3) is 5.69 Å². The van der Waals surface area contributed by atoms with Crippen LogP contribution in [0, 0.1) is 5.82 Å². The van der Waals surface area contributed by atoms with Crippen molar-refractivity contribution in [3.63, 3.8) is 0 Å². The van der Waals surface area contributed by atoms with Gasteiger partial charge in [-0.3, -0.25) is 10.1 Å². The van der Waals surface area contributed by atoms with Crippen LogP contribution in [0.3, 0.4) is 0 Å². The number of halogens is 1. The smallest absolute Gasteiger partial charge is 0.277 e. The average molecular weight is 378 g/mol. The van der Waals surface area contributed by atoms with Gasteiger partial charge >= 0.3 is 0 Å². The second-order valence-electron chi connectivity index (χ2n) is 5.87. The maximum atomic E-state index is 13.0. The van der Waals surface area contributed by atoms with Crippen molar-refractivity contribution >= 4 is 22.4 Å². The van der Waals surface area contributed by atoms with Gasteiger partial charge in [0.1, 0.15) is 5.82 Å². The van der Waals surface area contributed by atoms with Crippen LogP contribution in [0.1, 0.15) is 20.9 Å². The van der Waals surface area contributed by atoms with Crippen LogP contribution in [0.2, 0.25) is 0 Å². The molecule has 2 aromatic carbocycles. The normalized spacial score (nSPS) is 10.7. The van der Waals surface area contributed by atoms with Gasteiger partial charge in [-0.25, -0.2) is 14.1 Å². The van der Waals surface area contributed by atoms with Crippen LogP contribution in [0.4, 0.5) is 9.52 Å². The number of hydrogen-bond acceptors (Lipinski definition) is 4. The SMILES string of the molecule is O=C(Nc1ncc(Cc2ccc(F)cc2)s1)c1ccn(-c2ccccc2)n1. The van der Waals surface area contributed by atoms with Crippen molar-refractivity contribution in [1.29, 1.82) is 0 Å². The molecular formula is C20H15FN4OS. The highest BCUT2D eigenvalue weighted by molar-refractivity contribution is 7.15. The second-order valence-corrected chi connectivity index (χ2v) is 6.99. The van der Waals surface area contributed by atoms with Gasteiger partial charge in [0.2, 0.25) is 0 Å². The fraction of sp³-hybridized carbons (Fsp3) is 0.0500. The van der Waals surface area contributed by atoms with E-state index in [0.717, 1.165) is 16.1 Å². The number of carbonyl (C=O) groups is 1. The Morgan fingerprint density at radius 2 is 1.85 bits per heavy atom. The van der Waals surface area contributed by atoms with Crippen molar-refractivity contribution in [2.24, 2.45) is 0 Å². The molecule has 1 N–H and O–H groups in total. The van der Waals surface area contributed by atoms with E-state index in [4.69, 9.17) is 0 Å². The van der Waals surface area contributed by atoms with Crippen molar-refractivity contribution in [3.05, 3.63) is 95.0 Å². The minimum absolute atomic E-state index is 0.258. The van der Waals surface area contributed by atoms with Gasteiger partial charge in [-0.1, -0.05) is 30.3 Å². The summed E-state index contributed by atoms with van der Waals surface area (Å²) < 4.78 is 14.6. The minimum atomic E-state index is -0.313. The summed E-state index contributed by atoms with van der Waals surface area (Å²) in [5, 5.41) is 7.58. The molecule has 0 aliphatic rings. The largest absolute Gasteiger partial charge is 0.296 e. The first-order valence-electron chi connectivity index (χ1n) is 8.29. The molecule has 1 amide bonds. The third-order valence-electron chi connectivity index (χ3n) is 3.91. The number of para-hydroxylation sites is 1. The molecular weight excluding hydrogens is 363 g/mol. The predicted molar refractivity (Wildman–Crippen MR) is 103 cm³/mol. The Morgan fingerprint density at radius 1 is 1.07 bits per heavy atom. The van der Waals surface area contributed by atoms with E-state index in [1.807, 2.05) is 30.3 Å². The van der Waals surface area contributed by atoms with E-state index in [-0.39, 0.29) is 11.7 Å². The molecule has 4 aromatic rings. The molecule has 2 heterocycles. The molecule has 0 saturated heterocycles. The molecule has 0 atom stereocenters. The molecule has 0 bridgehead atoms. The van der Waals surface area contributed by atoms with Gasteiger partial charge in [0.15, 0.2) is 10.8 Å². The number of nitrogens with one attached hydrogen (secondary N) is 1. The molecule has 7 heteroatoms. The lowest BCUT2D eigenvalue weighted by atomic mass is 10.1. The van der Waals surface area contributed by atoms with Gasteiger partial charge in [-0.2, -0.15) is 5.10 Å². The van der Waals surface area contributed by atoms with Crippen molar-refractivity contribution in [2.75, 3.05) is 5.32 Å². The highest BCUT2D eigenvalue weighted by Crippen LogP contribution is 2.22. The third kappa shape index (κ3) is 4.09.